The normalized spacial score (nSPS) is 16.8. The van der Waals surface area contributed by atoms with Gasteiger partial charge in [-0.25, -0.2) is 0 Å². The van der Waals surface area contributed by atoms with Crippen molar-refractivity contribution in [2.24, 2.45) is 10.8 Å². The maximum Gasteiger partial charge on any atom is 0.0721 e. The number of hydrogen-bond donors (Lipinski definition) is 0. The lowest BCUT2D eigenvalue weighted by molar-refractivity contribution is -0.203. The summed E-state index contributed by atoms with van der Waals surface area (Å²) < 4.78 is 6.95. The summed E-state index contributed by atoms with van der Waals surface area (Å²) in [6, 6.07) is 0. The van der Waals surface area contributed by atoms with E-state index >= 15 is 0 Å². The van der Waals surface area contributed by atoms with Crippen LogP contribution in [0.4, 0.5) is 0 Å². The lowest BCUT2D eigenvalue weighted by atomic mass is 9.68. The molecule has 2 atom stereocenters. The molecule has 0 radical (unpaired) electrons. The van der Waals surface area contributed by atoms with Gasteiger partial charge in [-0.05, 0) is 40.5 Å². The molecular weight excluding hydrogens is 352 g/mol. The lowest BCUT2D eigenvalue weighted by Gasteiger charge is -2.52. The highest BCUT2D eigenvalue weighted by molar-refractivity contribution is 5.08. The molecule has 0 rings (SSSR count). The molecule has 0 aromatic rings. The second-order valence-electron chi connectivity index (χ2n) is 10.7. The van der Waals surface area contributed by atoms with E-state index in [0.717, 1.165) is 12.8 Å². The van der Waals surface area contributed by atoms with Crippen LogP contribution in [0, 0.1) is 10.8 Å². The topological polar surface area (TPSA) is 9.23 Å². The Kier molecular flexibility index (Phi) is 12.7. The highest BCUT2D eigenvalue weighted by Crippen LogP contribution is 2.48. The third-order valence-electron chi connectivity index (χ3n) is 7.76. The molecule has 0 aromatic carbocycles. The Hall–Kier alpha value is -0.560. The first-order valence-electron chi connectivity index (χ1n) is 12.4. The van der Waals surface area contributed by atoms with Crippen molar-refractivity contribution in [3.8, 4) is 0 Å². The van der Waals surface area contributed by atoms with E-state index in [4.69, 9.17) is 4.74 Å². The molecule has 0 N–H and O–H groups in total. The van der Waals surface area contributed by atoms with Gasteiger partial charge >= 0.3 is 0 Å². The minimum Gasteiger partial charge on any atom is -0.368 e. The van der Waals surface area contributed by atoms with Gasteiger partial charge in [-0.15, -0.1) is 13.2 Å². The fraction of sp³-hybridized carbons (Fsp3) is 0.857. The van der Waals surface area contributed by atoms with Gasteiger partial charge in [-0.2, -0.15) is 0 Å². The van der Waals surface area contributed by atoms with E-state index < -0.39 is 0 Å². The Morgan fingerprint density at radius 1 is 0.552 bits per heavy atom. The smallest absolute Gasteiger partial charge is 0.0721 e. The van der Waals surface area contributed by atoms with Crippen LogP contribution in [0.3, 0.4) is 0 Å². The van der Waals surface area contributed by atoms with Crippen molar-refractivity contribution >= 4 is 0 Å². The van der Waals surface area contributed by atoms with E-state index in [1.54, 1.807) is 0 Å². The molecule has 172 valence electrons. The molecule has 2 unspecified atom stereocenters. The molecule has 0 aliphatic carbocycles. The van der Waals surface area contributed by atoms with E-state index in [0.29, 0.717) is 0 Å². The van der Waals surface area contributed by atoms with Gasteiger partial charge < -0.3 is 4.74 Å². The van der Waals surface area contributed by atoms with Crippen molar-refractivity contribution in [1.82, 2.24) is 0 Å². The van der Waals surface area contributed by atoms with Gasteiger partial charge in [0.2, 0.25) is 0 Å². The third kappa shape index (κ3) is 8.60. The second-order valence-corrected chi connectivity index (χ2v) is 10.7. The van der Waals surface area contributed by atoms with Crippen molar-refractivity contribution in [3.63, 3.8) is 0 Å². The molecule has 0 amide bonds. The number of rotatable bonds is 18. The number of hydrogen-bond acceptors (Lipinski definition) is 1. The van der Waals surface area contributed by atoms with E-state index in [1.807, 2.05) is 0 Å². The molecule has 29 heavy (non-hydrogen) atoms. The summed E-state index contributed by atoms with van der Waals surface area (Å²) in [6.45, 7) is 26.6. The minimum atomic E-state index is -0.282. The highest BCUT2D eigenvalue weighted by atomic mass is 16.5. The molecule has 1 nitrogen and oxygen atoms in total. The van der Waals surface area contributed by atoms with Crippen LogP contribution in [0.25, 0.3) is 0 Å². The van der Waals surface area contributed by atoms with Crippen LogP contribution in [0.2, 0.25) is 0 Å². The quantitative estimate of drug-likeness (QED) is 0.162. The monoisotopic (exact) mass is 406 g/mol. The molecular formula is C28H54O. The molecule has 1 heteroatoms. The molecule has 0 aliphatic heterocycles. The zero-order valence-corrected chi connectivity index (χ0v) is 21.5. The predicted molar refractivity (Wildman–Crippen MR) is 133 cm³/mol. The van der Waals surface area contributed by atoms with Gasteiger partial charge in [-0.3, -0.25) is 0 Å². The first-order chi connectivity index (χ1) is 13.4. The maximum atomic E-state index is 6.95. The van der Waals surface area contributed by atoms with E-state index in [-0.39, 0.29) is 22.0 Å². The van der Waals surface area contributed by atoms with Crippen molar-refractivity contribution in [2.45, 2.75) is 144 Å². The Bertz CT molecular complexity index is 419. The van der Waals surface area contributed by atoms with Gasteiger partial charge in [0.1, 0.15) is 0 Å². The van der Waals surface area contributed by atoms with Gasteiger partial charge in [0.05, 0.1) is 11.2 Å². The zero-order chi connectivity index (χ0) is 22.6. The van der Waals surface area contributed by atoms with Crippen LogP contribution in [0.1, 0.15) is 132 Å². The minimum absolute atomic E-state index is 0.0420. The fourth-order valence-electron chi connectivity index (χ4n) is 4.36. The van der Waals surface area contributed by atoms with Gasteiger partial charge in [-0.1, -0.05) is 104 Å². The first-order valence-corrected chi connectivity index (χ1v) is 12.4. The molecule has 0 aliphatic rings. The molecule has 0 saturated carbocycles. The van der Waals surface area contributed by atoms with Crippen LogP contribution >= 0.6 is 0 Å². The Morgan fingerprint density at radius 3 is 1.14 bits per heavy atom. The summed E-state index contributed by atoms with van der Waals surface area (Å²) in [5, 5.41) is 0. The average Bonchev–Trinajstić information content (AvgIpc) is 2.66. The molecule has 0 heterocycles. The summed E-state index contributed by atoms with van der Waals surface area (Å²) in [5.41, 5.74) is -0.648. The third-order valence-corrected chi connectivity index (χ3v) is 7.76. The van der Waals surface area contributed by atoms with Crippen LogP contribution in [-0.2, 0) is 4.74 Å². The van der Waals surface area contributed by atoms with Gasteiger partial charge in [0, 0.05) is 10.8 Å². The van der Waals surface area contributed by atoms with Crippen molar-refractivity contribution in [1.29, 1.82) is 0 Å². The van der Waals surface area contributed by atoms with Crippen LogP contribution < -0.4 is 0 Å². The standard InChI is InChI=1S/C28H54O/c1-11-15-17-19-21-23-27(9,13-3)25(5,6)29-26(7,8)28(10,14-4)24-22-20-18-16-12-2/h13-14H,3-4,11-12,15-24H2,1-2,5-10H3. The summed E-state index contributed by atoms with van der Waals surface area (Å²) in [6.07, 6.45) is 19.6. The van der Waals surface area contributed by atoms with Crippen LogP contribution in [-0.4, -0.2) is 11.2 Å². The highest BCUT2D eigenvalue weighted by Gasteiger charge is 2.48. The number of unbranched alkanes of at least 4 members (excludes halogenated alkanes) is 8. The molecule has 0 bridgehead atoms. The average molecular weight is 407 g/mol. The Morgan fingerprint density at radius 2 is 0.862 bits per heavy atom. The molecule has 0 fully saturated rings. The summed E-state index contributed by atoms with van der Waals surface area (Å²) in [7, 11) is 0. The zero-order valence-electron chi connectivity index (χ0n) is 21.5. The van der Waals surface area contributed by atoms with Crippen molar-refractivity contribution in [2.75, 3.05) is 0 Å². The first kappa shape index (κ1) is 28.4. The molecule has 0 aromatic heterocycles. The predicted octanol–water partition coefficient (Wildman–Crippen LogP) is 9.67. The van der Waals surface area contributed by atoms with E-state index in [2.05, 4.69) is 80.7 Å². The Balaban J connectivity index is 5.13. The molecule has 0 saturated heterocycles. The molecule has 0 spiro atoms. The summed E-state index contributed by atoms with van der Waals surface area (Å²) in [4.78, 5) is 0. The van der Waals surface area contributed by atoms with E-state index in [1.165, 1.54) is 64.2 Å². The fourth-order valence-corrected chi connectivity index (χ4v) is 4.36. The largest absolute Gasteiger partial charge is 0.368 e. The van der Waals surface area contributed by atoms with Gasteiger partial charge in [0.15, 0.2) is 0 Å². The van der Waals surface area contributed by atoms with Crippen molar-refractivity contribution in [3.05, 3.63) is 25.3 Å². The van der Waals surface area contributed by atoms with Gasteiger partial charge in [0.25, 0.3) is 0 Å². The Labute approximate surface area is 184 Å². The second kappa shape index (κ2) is 13.0. The van der Waals surface area contributed by atoms with Crippen LogP contribution in [0.5, 0.6) is 0 Å². The maximum absolute atomic E-state index is 6.95. The lowest BCUT2D eigenvalue weighted by Crippen LogP contribution is -2.53. The summed E-state index contributed by atoms with van der Waals surface area (Å²) >= 11 is 0. The summed E-state index contributed by atoms with van der Waals surface area (Å²) in [5.74, 6) is 0. The van der Waals surface area contributed by atoms with Crippen LogP contribution in [0.15, 0.2) is 25.3 Å². The SMILES string of the molecule is C=CC(C)(CCCCCCC)C(C)(C)OC(C)(C)C(C)(C=C)CCCCCCC. The number of ether oxygens (including phenoxy) is 1. The van der Waals surface area contributed by atoms with E-state index in [9.17, 15) is 0 Å². The van der Waals surface area contributed by atoms with Crippen molar-refractivity contribution < 1.29 is 4.74 Å².